The van der Waals surface area contributed by atoms with E-state index in [2.05, 4.69) is 9.88 Å². The van der Waals surface area contributed by atoms with Gasteiger partial charge >= 0.3 is 5.97 Å². The van der Waals surface area contributed by atoms with Crippen molar-refractivity contribution < 1.29 is 28.5 Å². The summed E-state index contributed by atoms with van der Waals surface area (Å²) in [5, 5.41) is 22.0. The van der Waals surface area contributed by atoms with E-state index < -0.39 is 29.6 Å². The summed E-state index contributed by atoms with van der Waals surface area (Å²) in [5.41, 5.74) is 1.25. The van der Waals surface area contributed by atoms with Gasteiger partial charge in [-0.2, -0.15) is 0 Å². The number of halogens is 3. The van der Waals surface area contributed by atoms with Crippen molar-refractivity contribution in [3.63, 3.8) is 0 Å². The molecule has 3 aromatic rings. The number of carboxylic acids is 1. The number of carbonyl (C=O) groups is 1. The molecule has 2 heterocycles. The summed E-state index contributed by atoms with van der Waals surface area (Å²) in [6.07, 6.45) is 2.19. The molecule has 4 rings (SSSR count). The molecule has 10 heteroatoms. The second-order valence-electron chi connectivity index (χ2n) is 9.21. The average molecular weight is 551 g/mol. The predicted molar refractivity (Wildman–Crippen MR) is 140 cm³/mol. The van der Waals surface area contributed by atoms with Gasteiger partial charge in [0.15, 0.2) is 0 Å². The molecule has 1 aliphatic heterocycles. The van der Waals surface area contributed by atoms with E-state index in [1.54, 1.807) is 25.3 Å². The highest BCUT2D eigenvalue weighted by atomic mass is 35.5. The van der Waals surface area contributed by atoms with Crippen molar-refractivity contribution >= 4 is 40.2 Å². The minimum absolute atomic E-state index is 0.0990. The molecule has 2 N–H and O–H groups in total. The number of thioether (sulfide) groups is 1. The predicted octanol–water partition coefficient (Wildman–Crippen LogP) is 5.80. The number of likely N-dealkylation sites (tertiary alicyclic amines) is 1. The molecule has 1 fully saturated rings. The second-order valence-corrected chi connectivity index (χ2v) is 10.8. The lowest BCUT2D eigenvalue weighted by Crippen LogP contribution is -2.44. The number of fused-ring (bicyclic) bond motifs is 1. The van der Waals surface area contributed by atoms with Crippen LogP contribution in [0.2, 0.25) is 5.02 Å². The highest BCUT2D eigenvalue weighted by Gasteiger charge is 2.34. The molecule has 0 amide bonds. The second kappa shape index (κ2) is 12.4. The first-order valence-corrected chi connectivity index (χ1v) is 13.5. The molecule has 0 aliphatic carbocycles. The van der Waals surface area contributed by atoms with E-state index in [-0.39, 0.29) is 10.8 Å². The van der Waals surface area contributed by atoms with Gasteiger partial charge in [0.25, 0.3) is 0 Å². The Kier molecular flexibility index (Phi) is 9.23. The number of nitrogens with zero attached hydrogens (tertiary/aromatic N) is 2. The van der Waals surface area contributed by atoms with Gasteiger partial charge < -0.3 is 19.8 Å². The van der Waals surface area contributed by atoms with Crippen LogP contribution < -0.4 is 4.74 Å². The van der Waals surface area contributed by atoms with Gasteiger partial charge in [-0.05, 0) is 68.1 Å². The number of aliphatic hydroxyl groups is 1. The Morgan fingerprint density at radius 2 is 2.11 bits per heavy atom. The van der Waals surface area contributed by atoms with Crippen molar-refractivity contribution in [3.05, 3.63) is 64.8 Å². The molecule has 0 radical (unpaired) electrons. The maximum Gasteiger partial charge on any atom is 0.308 e. The van der Waals surface area contributed by atoms with Gasteiger partial charge in [0, 0.05) is 40.9 Å². The zero-order chi connectivity index (χ0) is 26.5. The fourth-order valence-corrected chi connectivity index (χ4v) is 6.17. The number of aromatic nitrogens is 1. The highest BCUT2D eigenvalue weighted by Crippen LogP contribution is 2.37. The topological polar surface area (TPSA) is 82.9 Å². The van der Waals surface area contributed by atoms with Gasteiger partial charge in [-0.15, -0.1) is 11.8 Å². The SMILES string of the molecule is COc1ccc2ncc(Cl)c([C@H](O)CCC3CCN(CCSc4cc(F)ccc4F)CC3C(=O)O)c2c1. The number of benzene rings is 2. The number of methoxy groups -OCH3 is 1. The first kappa shape index (κ1) is 27.6. The van der Waals surface area contributed by atoms with Crippen LogP contribution in [0.25, 0.3) is 10.9 Å². The summed E-state index contributed by atoms with van der Waals surface area (Å²) in [6, 6.07) is 8.75. The third-order valence-electron chi connectivity index (χ3n) is 6.93. The fraction of sp³-hybridized carbons (Fsp3) is 0.407. The zero-order valence-electron chi connectivity index (χ0n) is 20.4. The molecule has 6 nitrogen and oxygen atoms in total. The number of hydrogen-bond donors (Lipinski definition) is 2. The van der Waals surface area contributed by atoms with Crippen molar-refractivity contribution in [1.82, 2.24) is 9.88 Å². The number of hydrogen-bond acceptors (Lipinski definition) is 6. The quantitative estimate of drug-likeness (QED) is 0.308. The molecule has 198 valence electrons. The first-order valence-electron chi connectivity index (χ1n) is 12.1. The Balaban J connectivity index is 1.36. The van der Waals surface area contributed by atoms with Gasteiger partial charge in [-0.1, -0.05) is 11.6 Å². The summed E-state index contributed by atoms with van der Waals surface area (Å²) in [5.74, 6) is -1.36. The molecule has 2 aromatic carbocycles. The minimum atomic E-state index is -0.879. The van der Waals surface area contributed by atoms with E-state index in [9.17, 15) is 23.8 Å². The lowest BCUT2D eigenvalue weighted by Gasteiger charge is -2.37. The number of ether oxygens (including phenoxy) is 1. The number of rotatable bonds is 10. The van der Waals surface area contributed by atoms with Crippen LogP contribution in [0, 0.1) is 23.5 Å². The molecule has 3 atom stereocenters. The molecular formula is C27H29ClF2N2O4S. The number of carboxylic acid groups (broad SMARTS) is 1. The standard InChI is InChI=1S/C27H29ClF2N2O4S/c1-36-18-4-6-23-19(13-18)26(21(28)14-31-23)24(33)7-2-16-8-9-32(15-20(16)27(34)35)10-11-37-25-12-17(29)3-5-22(25)30/h3-6,12-14,16,20,24,33H,2,7-11,15H2,1H3,(H,34,35)/t16?,20?,24-/m1/s1. The van der Waals surface area contributed by atoms with E-state index in [0.29, 0.717) is 71.9 Å². The molecule has 1 aromatic heterocycles. The molecule has 0 spiro atoms. The summed E-state index contributed by atoms with van der Waals surface area (Å²) in [4.78, 5) is 18.7. The molecule has 0 bridgehead atoms. The Hall–Kier alpha value is -2.46. The third-order valence-corrected chi connectivity index (χ3v) is 8.24. The average Bonchev–Trinajstić information content (AvgIpc) is 2.89. The number of piperidine rings is 1. The third kappa shape index (κ3) is 6.71. The summed E-state index contributed by atoms with van der Waals surface area (Å²) >= 11 is 7.63. The Morgan fingerprint density at radius 3 is 2.86 bits per heavy atom. The fourth-order valence-electron chi connectivity index (χ4n) is 4.92. The van der Waals surface area contributed by atoms with E-state index >= 15 is 0 Å². The Morgan fingerprint density at radius 1 is 1.30 bits per heavy atom. The minimum Gasteiger partial charge on any atom is -0.497 e. The van der Waals surface area contributed by atoms with Crippen molar-refractivity contribution in [2.75, 3.05) is 32.5 Å². The summed E-state index contributed by atoms with van der Waals surface area (Å²) in [6.45, 7) is 1.64. The Bertz CT molecular complexity index is 1260. The molecule has 2 unspecified atom stereocenters. The van der Waals surface area contributed by atoms with E-state index in [1.165, 1.54) is 24.0 Å². The van der Waals surface area contributed by atoms with Crippen LogP contribution in [-0.4, -0.2) is 58.6 Å². The van der Waals surface area contributed by atoms with Gasteiger partial charge in [0.05, 0.1) is 29.7 Å². The van der Waals surface area contributed by atoms with Crippen molar-refractivity contribution in [1.29, 1.82) is 0 Å². The molecule has 37 heavy (non-hydrogen) atoms. The van der Waals surface area contributed by atoms with Crippen LogP contribution in [-0.2, 0) is 4.79 Å². The Labute approximate surface area is 223 Å². The smallest absolute Gasteiger partial charge is 0.308 e. The van der Waals surface area contributed by atoms with Crippen molar-refractivity contribution in [3.8, 4) is 5.75 Å². The van der Waals surface area contributed by atoms with E-state index in [4.69, 9.17) is 16.3 Å². The molecule has 0 saturated carbocycles. The van der Waals surface area contributed by atoms with Crippen LogP contribution in [0.3, 0.4) is 0 Å². The summed E-state index contributed by atoms with van der Waals surface area (Å²) in [7, 11) is 1.56. The van der Waals surface area contributed by atoms with Gasteiger partial charge in [-0.3, -0.25) is 9.78 Å². The number of pyridine rings is 1. The molecule has 1 saturated heterocycles. The van der Waals surface area contributed by atoms with Crippen molar-refractivity contribution in [2.45, 2.75) is 30.3 Å². The van der Waals surface area contributed by atoms with Gasteiger partial charge in [0.2, 0.25) is 0 Å². The number of aliphatic carboxylic acids is 1. The maximum atomic E-state index is 13.9. The van der Waals surface area contributed by atoms with Crippen LogP contribution in [0.15, 0.2) is 47.5 Å². The van der Waals surface area contributed by atoms with Crippen LogP contribution in [0.5, 0.6) is 5.75 Å². The largest absolute Gasteiger partial charge is 0.497 e. The van der Waals surface area contributed by atoms with E-state index in [1.807, 2.05) is 0 Å². The summed E-state index contributed by atoms with van der Waals surface area (Å²) < 4.78 is 32.6. The molecule has 1 aliphatic rings. The molecular weight excluding hydrogens is 522 g/mol. The van der Waals surface area contributed by atoms with Crippen LogP contribution >= 0.6 is 23.4 Å². The van der Waals surface area contributed by atoms with Gasteiger partial charge in [-0.25, -0.2) is 8.78 Å². The van der Waals surface area contributed by atoms with Crippen LogP contribution in [0.1, 0.15) is 30.9 Å². The zero-order valence-corrected chi connectivity index (χ0v) is 21.9. The lowest BCUT2D eigenvalue weighted by atomic mass is 9.81. The highest BCUT2D eigenvalue weighted by molar-refractivity contribution is 7.99. The maximum absolute atomic E-state index is 13.9. The van der Waals surface area contributed by atoms with Crippen molar-refractivity contribution in [2.24, 2.45) is 11.8 Å². The van der Waals surface area contributed by atoms with Crippen LogP contribution in [0.4, 0.5) is 8.78 Å². The first-order chi connectivity index (χ1) is 17.8. The van der Waals surface area contributed by atoms with Gasteiger partial charge in [0.1, 0.15) is 17.4 Å². The normalized spacial score (nSPS) is 19.2. The number of aliphatic hydroxyl groups excluding tert-OH is 1. The monoisotopic (exact) mass is 550 g/mol. The van der Waals surface area contributed by atoms with E-state index in [0.717, 1.165) is 12.1 Å². The lowest BCUT2D eigenvalue weighted by molar-refractivity contribution is -0.146.